The Morgan fingerprint density at radius 2 is 2.18 bits per heavy atom. The lowest BCUT2D eigenvalue weighted by molar-refractivity contribution is 0.477. The number of sulfone groups is 1. The highest BCUT2D eigenvalue weighted by Gasteiger charge is 2.11. The molecule has 3 N–H and O–H groups in total. The summed E-state index contributed by atoms with van der Waals surface area (Å²) in [5, 5.41) is 0. The summed E-state index contributed by atoms with van der Waals surface area (Å²) in [7, 11) is -2.92. The van der Waals surface area contributed by atoms with Crippen molar-refractivity contribution in [2.45, 2.75) is 25.3 Å². The molecule has 1 aromatic heterocycles. The first-order chi connectivity index (χ1) is 8.01. The van der Waals surface area contributed by atoms with Crippen molar-refractivity contribution in [1.82, 2.24) is 10.4 Å². The van der Waals surface area contributed by atoms with Crippen LogP contribution in [0.2, 0.25) is 0 Å². The van der Waals surface area contributed by atoms with Crippen LogP contribution in [0.4, 0.5) is 0 Å². The Morgan fingerprint density at radius 3 is 2.71 bits per heavy atom. The number of pyridine rings is 1. The highest BCUT2D eigenvalue weighted by molar-refractivity contribution is 7.90. The Morgan fingerprint density at radius 1 is 1.41 bits per heavy atom. The Bertz CT molecular complexity index is 420. The number of aryl methyl sites for hydroxylation is 1. The van der Waals surface area contributed by atoms with Gasteiger partial charge in [0.1, 0.15) is 9.84 Å². The standard InChI is InChI=1S/C11H19N3O2S/c1-17(15,16)9-7-11(14-12)6-5-10-4-2-3-8-13-10/h2-4,8,11,14H,5-7,9,12H2,1H3. The van der Waals surface area contributed by atoms with Crippen LogP contribution in [0.15, 0.2) is 24.4 Å². The van der Waals surface area contributed by atoms with Gasteiger partial charge >= 0.3 is 0 Å². The van der Waals surface area contributed by atoms with Crippen LogP contribution in [-0.2, 0) is 16.3 Å². The molecule has 1 rings (SSSR count). The summed E-state index contributed by atoms with van der Waals surface area (Å²) < 4.78 is 22.1. The number of hydrazine groups is 1. The maximum absolute atomic E-state index is 11.0. The summed E-state index contributed by atoms with van der Waals surface area (Å²) in [6.07, 6.45) is 5.08. The fraction of sp³-hybridized carbons (Fsp3) is 0.545. The highest BCUT2D eigenvalue weighted by atomic mass is 32.2. The second-order valence-corrected chi connectivity index (χ2v) is 6.40. The van der Waals surface area contributed by atoms with E-state index in [0.717, 1.165) is 18.5 Å². The molecule has 0 amide bonds. The zero-order valence-corrected chi connectivity index (χ0v) is 10.8. The predicted octanol–water partition coefficient (Wildman–Crippen LogP) is 0.281. The number of aromatic nitrogens is 1. The number of nitrogens with one attached hydrogen (secondary N) is 1. The second-order valence-electron chi connectivity index (χ2n) is 4.14. The average molecular weight is 257 g/mol. The summed E-state index contributed by atoms with van der Waals surface area (Å²) in [5.74, 6) is 5.56. The van der Waals surface area contributed by atoms with Crippen LogP contribution in [0.25, 0.3) is 0 Å². The van der Waals surface area contributed by atoms with E-state index in [0.29, 0.717) is 6.42 Å². The fourth-order valence-electron chi connectivity index (χ4n) is 1.54. The molecule has 0 aliphatic rings. The van der Waals surface area contributed by atoms with Crippen LogP contribution in [0.5, 0.6) is 0 Å². The summed E-state index contributed by atoms with van der Waals surface area (Å²) in [6.45, 7) is 0. The smallest absolute Gasteiger partial charge is 0.147 e. The van der Waals surface area contributed by atoms with Gasteiger partial charge in [-0.2, -0.15) is 0 Å². The first kappa shape index (κ1) is 14.1. The lowest BCUT2D eigenvalue weighted by atomic mass is 10.1. The third-order valence-electron chi connectivity index (χ3n) is 2.55. The maximum atomic E-state index is 11.0. The molecule has 0 saturated heterocycles. The van der Waals surface area contributed by atoms with Crippen LogP contribution >= 0.6 is 0 Å². The van der Waals surface area contributed by atoms with Gasteiger partial charge in [-0.1, -0.05) is 6.07 Å². The molecule has 5 nitrogen and oxygen atoms in total. The Hall–Kier alpha value is -0.980. The fourth-order valence-corrected chi connectivity index (χ4v) is 2.25. The Labute approximate surface area is 102 Å². The van der Waals surface area contributed by atoms with Gasteiger partial charge in [0.25, 0.3) is 0 Å². The van der Waals surface area contributed by atoms with Gasteiger partial charge in [0.05, 0.1) is 5.75 Å². The molecule has 0 saturated carbocycles. The van der Waals surface area contributed by atoms with E-state index in [1.807, 2.05) is 18.2 Å². The quantitative estimate of drug-likeness (QED) is 0.541. The van der Waals surface area contributed by atoms with Crippen LogP contribution in [-0.4, -0.2) is 31.5 Å². The molecule has 0 aromatic carbocycles. The molecule has 6 heteroatoms. The summed E-state index contributed by atoms with van der Waals surface area (Å²) in [4.78, 5) is 4.21. The van der Waals surface area contributed by atoms with Gasteiger partial charge in [-0.05, 0) is 31.4 Å². The van der Waals surface area contributed by atoms with Gasteiger partial charge in [-0.25, -0.2) is 8.42 Å². The van der Waals surface area contributed by atoms with Crippen molar-refractivity contribution in [3.63, 3.8) is 0 Å². The van der Waals surface area contributed by atoms with Gasteiger partial charge in [0.2, 0.25) is 0 Å². The zero-order valence-electron chi connectivity index (χ0n) is 9.96. The van der Waals surface area contributed by atoms with Gasteiger partial charge < -0.3 is 0 Å². The summed E-state index contributed by atoms with van der Waals surface area (Å²) in [6, 6.07) is 5.76. The number of nitrogens with zero attached hydrogens (tertiary/aromatic N) is 1. The molecule has 1 atom stereocenters. The predicted molar refractivity (Wildman–Crippen MR) is 68.0 cm³/mol. The number of rotatable bonds is 7. The lowest BCUT2D eigenvalue weighted by Crippen LogP contribution is -2.36. The normalized spacial score (nSPS) is 13.5. The molecule has 0 bridgehead atoms. The van der Waals surface area contributed by atoms with Crippen molar-refractivity contribution in [2.24, 2.45) is 5.84 Å². The van der Waals surface area contributed by atoms with Crippen molar-refractivity contribution in [3.05, 3.63) is 30.1 Å². The minimum Gasteiger partial charge on any atom is -0.271 e. The topological polar surface area (TPSA) is 85.1 Å². The van der Waals surface area contributed by atoms with Crippen molar-refractivity contribution in [2.75, 3.05) is 12.0 Å². The van der Waals surface area contributed by atoms with Crippen LogP contribution < -0.4 is 11.3 Å². The van der Waals surface area contributed by atoms with Gasteiger partial charge in [0.15, 0.2) is 0 Å². The summed E-state index contributed by atoms with van der Waals surface area (Å²) in [5.41, 5.74) is 3.65. The van der Waals surface area contributed by atoms with Gasteiger partial charge in [-0.15, -0.1) is 0 Å². The third-order valence-corrected chi connectivity index (χ3v) is 3.53. The molecule has 0 spiro atoms. The van der Waals surface area contributed by atoms with Crippen molar-refractivity contribution in [3.8, 4) is 0 Å². The summed E-state index contributed by atoms with van der Waals surface area (Å²) >= 11 is 0. The Balaban J connectivity index is 2.38. The average Bonchev–Trinajstić information content (AvgIpc) is 2.29. The van der Waals surface area contributed by atoms with E-state index >= 15 is 0 Å². The largest absolute Gasteiger partial charge is 0.271 e. The number of hydrogen-bond donors (Lipinski definition) is 2. The molecule has 0 aliphatic heterocycles. The Kier molecular flexibility index (Phi) is 5.54. The molecule has 96 valence electrons. The van der Waals surface area contributed by atoms with E-state index < -0.39 is 9.84 Å². The lowest BCUT2D eigenvalue weighted by Gasteiger charge is -2.14. The van der Waals surface area contributed by atoms with E-state index in [9.17, 15) is 8.42 Å². The van der Waals surface area contributed by atoms with Crippen molar-refractivity contribution in [1.29, 1.82) is 0 Å². The monoisotopic (exact) mass is 257 g/mol. The molecule has 17 heavy (non-hydrogen) atoms. The van der Waals surface area contributed by atoms with E-state index in [-0.39, 0.29) is 11.8 Å². The van der Waals surface area contributed by atoms with Crippen LogP contribution in [0, 0.1) is 0 Å². The molecule has 1 aromatic rings. The highest BCUT2D eigenvalue weighted by Crippen LogP contribution is 2.05. The van der Waals surface area contributed by atoms with Gasteiger partial charge in [0, 0.05) is 24.2 Å². The SMILES string of the molecule is CS(=O)(=O)CCC(CCc1ccccn1)NN. The molecule has 1 unspecified atom stereocenters. The molecule has 0 fully saturated rings. The van der Waals surface area contributed by atoms with E-state index in [1.54, 1.807) is 6.20 Å². The van der Waals surface area contributed by atoms with E-state index in [2.05, 4.69) is 10.4 Å². The molecular weight excluding hydrogens is 238 g/mol. The number of nitrogens with two attached hydrogens (primary N) is 1. The first-order valence-electron chi connectivity index (χ1n) is 5.55. The molecule has 0 aliphatic carbocycles. The second kappa shape index (κ2) is 6.68. The minimum atomic E-state index is -2.92. The molecule has 1 heterocycles. The van der Waals surface area contributed by atoms with E-state index in [4.69, 9.17) is 5.84 Å². The van der Waals surface area contributed by atoms with Crippen LogP contribution in [0.3, 0.4) is 0 Å². The minimum absolute atomic E-state index is 0.00623. The van der Waals surface area contributed by atoms with Crippen molar-refractivity contribution < 1.29 is 8.42 Å². The van der Waals surface area contributed by atoms with Crippen LogP contribution in [0.1, 0.15) is 18.5 Å². The third kappa shape index (κ3) is 6.35. The zero-order chi connectivity index (χ0) is 12.7. The first-order valence-corrected chi connectivity index (χ1v) is 7.61. The van der Waals surface area contributed by atoms with Crippen molar-refractivity contribution >= 4 is 9.84 Å². The van der Waals surface area contributed by atoms with Gasteiger partial charge in [-0.3, -0.25) is 16.3 Å². The molecule has 0 radical (unpaired) electrons. The number of hydrogen-bond acceptors (Lipinski definition) is 5. The molecular formula is C11H19N3O2S. The van der Waals surface area contributed by atoms with E-state index in [1.165, 1.54) is 6.26 Å². The maximum Gasteiger partial charge on any atom is 0.147 e.